The summed E-state index contributed by atoms with van der Waals surface area (Å²) in [6.07, 6.45) is 2.28. The van der Waals surface area contributed by atoms with Crippen LogP contribution >= 0.6 is 11.6 Å². The Balaban J connectivity index is 2.43. The largest absolute Gasteiger partial charge is 0.345 e. The summed E-state index contributed by atoms with van der Waals surface area (Å²) in [7, 11) is 0. The molecule has 3 nitrogen and oxygen atoms in total. The Morgan fingerprint density at radius 3 is 2.93 bits per heavy atom. The van der Waals surface area contributed by atoms with E-state index in [1.165, 1.54) is 0 Å². The highest BCUT2D eigenvalue weighted by atomic mass is 35.5. The zero-order valence-corrected chi connectivity index (χ0v) is 8.71. The second-order valence-electron chi connectivity index (χ2n) is 3.87. The topological polar surface area (TPSA) is 45.8 Å². The van der Waals surface area contributed by atoms with Crippen molar-refractivity contribution in [1.82, 2.24) is 9.97 Å². The van der Waals surface area contributed by atoms with E-state index in [4.69, 9.17) is 11.6 Å². The van der Waals surface area contributed by atoms with Gasteiger partial charge in [0.25, 0.3) is 0 Å². The molecule has 0 aliphatic heterocycles. The SMILES string of the molecule is O=c1nc2c(Cl)cccc2c(C2CC2)[nH]1. The van der Waals surface area contributed by atoms with Crippen LogP contribution in [0, 0.1) is 0 Å². The van der Waals surface area contributed by atoms with Crippen molar-refractivity contribution in [3.63, 3.8) is 0 Å². The third-order valence-corrected chi connectivity index (χ3v) is 3.02. The van der Waals surface area contributed by atoms with Crippen LogP contribution in [0.4, 0.5) is 0 Å². The average Bonchev–Trinajstić information content (AvgIpc) is 3.02. The first-order valence-electron chi connectivity index (χ1n) is 4.94. The highest BCUT2D eigenvalue weighted by molar-refractivity contribution is 6.35. The molecule has 76 valence electrons. The van der Waals surface area contributed by atoms with E-state index in [2.05, 4.69) is 9.97 Å². The van der Waals surface area contributed by atoms with E-state index in [0.717, 1.165) is 23.9 Å². The van der Waals surface area contributed by atoms with Gasteiger partial charge in [0.2, 0.25) is 0 Å². The molecule has 1 heterocycles. The molecule has 0 radical (unpaired) electrons. The van der Waals surface area contributed by atoms with Gasteiger partial charge < -0.3 is 4.98 Å². The van der Waals surface area contributed by atoms with Crippen molar-refractivity contribution in [2.24, 2.45) is 0 Å². The predicted octanol–water partition coefficient (Wildman–Crippen LogP) is 2.45. The zero-order valence-electron chi connectivity index (χ0n) is 7.96. The number of rotatable bonds is 1. The van der Waals surface area contributed by atoms with Gasteiger partial charge in [0, 0.05) is 11.1 Å². The van der Waals surface area contributed by atoms with Gasteiger partial charge in [-0.05, 0) is 24.8 Å². The molecule has 0 bridgehead atoms. The molecule has 1 aromatic heterocycles. The van der Waals surface area contributed by atoms with Gasteiger partial charge >= 0.3 is 5.69 Å². The van der Waals surface area contributed by atoms with E-state index in [0.29, 0.717) is 16.5 Å². The van der Waals surface area contributed by atoms with Gasteiger partial charge in [-0.2, -0.15) is 4.98 Å². The number of hydrogen-bond donors (Lipinski definition) is 1. The number of nitrogens with zero attached hydrogens (tertiary/aromatic N) is 1. The van der Waals surface area contributed by atoms with Crippen LogP contribution in [-0.2, 0) is 0 Å². The number of nitrogens with one attached hydrogen (secondary N) is 1. The third kappa shape index (κ3) is 1.43. The number of hydrogen-bond acceptors (Lipinski definition) is 2. The van der Waals surface area contributed by atoms with Crippen LogP contribution in [0.5, 0.6) is 0 Å². The first kappa shape index (κ1) is 8.92. The summed E-state index contributed by atoms with van der Waals surface area (Å²) in [5.74, 6) is 0.488. The van der Waals surface area contributed by atoms with E-state index in [1.54, 1.807) is 6.07 Å². The van der Waals surface area contributed by atoms with Crippen molar-refractivity contribution >= 4 is 22.5 Å². The molecule has 3 rings (SSSR count). The molecule has 15 heavy (non-hydrogen) atoms. The Hall–Kier alpha value is -1.35. The van der Waals surface area contributed by atoms with Crippen molar-refractivity contribution in [2.45, 2.75) is 18.8 Å². The normalized spacial score (nSPS) is 15.8. The van der Waals surface area contributed by atoms with Gasteiger partial charge in [-0.1, -0.05) is 23.7 Å². The Morgan fingerprint density at radius 2 is 2.20 bits per heavy atom. The smallest absolute Gasteiger partial charge is 0.309 e. The van der Waals surface area contributed by atoms with E-state index >= 15 is 0 Å². The maximum absolute atomic E-state index is 11.4. The van der Waals surface area contributed by atoms with E-state index in [1.807, 2.05) is 12.1 Å². The van der Waals surface area contributed by atoms with Crippen LogP contribution in [-0.4, -0.2) is 9.97 Å². The first-order chi connectivity index (χ1) is 7.25. The zero-order chi connectivity index (χ0) is 10.4. The van der Waals surface area contributed by atoms with Gasteiger partial charge in [-0.25, -0.2) is 4.79 Å². The second kappa shape index (κ2) is 3.07. The standard InChI is InChI=1S/C11H9ClN2O/c12-8-3-1-2-7-9(6-4-5-6)13-11(15)14-10(7)8/h1-3,6H,4-5H2,(H,13,14,15). The highest BCUT2D eigenvalue weighted by Crippen LogP contribution is 2.41. The molecule has 1 N–H and O–H groups in total. The Morgan fingerprint density at radius 1 is 1.40 bits per heavy atom. The lowest BCUT2D eigenvalue weighted by Gasteiger charge is -2.04. The van der Waals surface area contributed by atoms with Crippen LogP contribution in [0.15, 0.2) is 23.0 Å². The van der Waals surface area contributed by atoms with E-state index < -0.39 is 0 Å². The number of benzene rings is 1. The fourth-order valence-electron chi connectivity index (χ4n) is 1.85. The van der Waals surface area contributed by atoms with Crippen molar-refractivity contribution in [3.8, 4) is 0 Å². The number of H-pyrrole nitrogens is 1. The van der Waals surface area contributed by atoms with E-state index in [-0.39, 0.29) is 5.69 Å². The minimum atomic E-state index is -0.308. The van der Waals surface area contributed by atoms with Crippen LogP contribution in [0.2, 0.25) is 5.02 Å². The fourth-order valence-corrected chi connectivity index (χ4v) is 2.07. The van der Waals surface area contributed by atoms with E-state index in [9.17, 15) is 4.79 Å². The molecule has 1 saturated carbocycles. The van der Waals surface area contributed by atoms with Crippen molar-refractivity contribution in [2.75, 3.05) is 0 Å². The minimum Gasteiger partial charge on any atom is -0.309 e. The predicted molar refractivity (Wildman–Crippen MR) is 59.3 cm³/mol. The molecule has 0 spiro atoms. The molecule has 0 amide bonds. The molecule has 4 heteroatoms. The Labute approximate surface area is 91.1 Å². The summed E-state index contributed by atoms with van der Waals surface area (Å²) in [4.78, 5) is 18.1. The maximum Gasteiger partial charge on any atom is 0.345 e. The molecule has 1 aromatic carbocycles. The molecule has 1 aliphatic rings. The monoisotopic (exact) mass is 220 g/mol. The first-order valence-corrected chi connectivity index (χ1v) is 5.32. The molecular weight excluding hydrogens is 212 g/mol. The molecule has 2 aromatic rings. The lowest BCUT2D eigenvalue weighted by molar-refractivity contribution is 0.980. The van der Waals surface area contributed by atoms with Gasteiger partial charge in [-0.15, -0.1) is 0 Å². The molecule has 1 aliphatic carbocycles. The highest BCUT2D eigenvalue weighted by Gasteiger charge is 2.27. The summed E-state index contributed by atoms with van der Waals surface area (Å²) >= 11 is 6.01. The number of halogens is 1. The van der Waals surface area contributed by atoms with Crippen LogP contribution in [0.25, 0.3) is 10.9 Å². The summed E-state index contributed by atoms with van der Waals surface area (Å²) in [5, 5.41) is 1.52. The van der Waals surface area contributed by atoms with Gasteiger partial charge in [0.15, 0.2) is 0 Å². The lowest BCUT2D eigenvalue weighted by atomic mass is 10.1. The number of para-hydroxylation sites is 1. The Kier molecular flexibility index (Phi) is 1.83. The molecule has 1 fully saturated rings. The van der Waals surface area contributed by atoms with Crippen LogP contribution < -0.4 is 5.69 Å². The summed E-state index contributed by atoms with van der Waals surface area (Å²) in [6.45, 7) is 0. The number of aromatic amines is 1. The lowest BCUT2D eigenvalue weighted by Crippen LogP contribution is -2.12. The van der Waals surface area contributed by atoms with Crippen molar-refractivity contribution in [3.05, 3.63) is 39.4 Å². The number of aromatic nitrogens is 2. The molecular formula is C11H9ClN2O. The second-order valence-corrected chi connectivity index (χ2v) is 4.27. The molecule has 0 saturated heterocycles. The Bertz CT molecular complexity index is 587. The average molecular weight is 221 g/mol. The van der Waals surface area contributed by atoms with Crippen LogP contribution in [0.3, 0.4) is 0 Å². The quantitative estimate of drug-likeness (QED) is 0.803. The van der Waals surface area contributed by atoms with Gasteiger partial charge in [0.05, 0.1) is 10.5 Å². The summed E-state index contributed by atoms with van der Waals surface area (Å²) in [5.41, 5.74) is 1.30. The summed E-state index contributed by atoms with van der Waals surface area (Å²) in [6, 6.07) is 5.60. The van der Waals surface area contributed by atoms with Gasteiger partial charge in [0.1, 0.15) is 0 Å². The third-order valence-electron chi connectivity index (χ3n) is 2.72. The maximum atomic E-state index is 11.4. The van der Waals surface area contributed by atoms with Crippen molar-refractivity contribution in [1.29, 1.82) is 0 Å². The van der Waals surface area contributed by atoms with Crippen molar-refractivity contribution < 1.29 is 0 Å². The van der Waals surface area contributed by atoms with Gasteiger partial charge in [-0.3, -0.25) is 0 Å². The minimum absolute atomic E-state index is 0.308. The number of fused-ring (bicyclic) bond motifs is 1. The molecule has 0 unspecified atom stereocenters. The summed E-state index contributed by atoms with van der Waals surface area (Å²) < 4.78 is 0. The van der Waals surface area contributed by atoms with Crippen LogP contribution in [0.1, 0.15) is 24.5 Å². The molecule has 0 atom stereocenters. The fraction of sp³-hybridized carbons (Fsp3) is 0.273.